The zero-order valence-corrected chi connectivity index (χ0v) is 22.2. The van der Waals surface area contributed by atoms with Crippen molar-refractivity contribution >= 4 is 85.8 Å². The van der Waals surface area contributed by atoms with Crippen molar-refractivity contribution in [1.29, 1.82) is 0 Å². The van der Waals surface area contributed by atoms with Gasteiger partial charge in [-0.3, -0.25) is 19.3 Å². The van der Waals surface area contributed by atoms with E-state index in [9.17, 15) is 19.2 Å². The van der Waals surface area contributed by atoms with Gasteiger partial charge in [0.1, 0.15) is 0 Å². The number of nitrogens with zero attached hydrogens (tertiary/aromatic N) is 1. The fraction of sp³-hybridized carbons (Fsp3) is 0.333. The molecule has 1 saturated carbocycles. The first-order chi connectivity index (χ1) is 16.6. The van der Waals surface area contributed by atoms with Crippen LogP contribution in [0.2, 0.25) is 5.02 Å². The number of carbonyl (C=O) groups excluding carboxylic acids is 4. The molecule has 0 radical (unpaired) electrons. The second kappa shape index (κ2) is 10.5. The lowest BCUT2D eigenvalue weighted by Gasteiger charge is -2.28. The summed E-state index contributed by atoms with van der Waals surface area (Å²) in [5, 5.41) is 2.35. The molecule has 4 rings (SSSR count). The van der Waals surface area contributed by atoms with E-state index in [0.717, 1.165) is 10.5 Å². The van der Waals surface area contributed by atoms with Crippen LogP contribution in [-0.4, -0.2) is 41.1 Å². The molecule has 184 valence electrons. The molecule has 0 bridgehead atoms. The van der Waals surface area contributed by atoms with E-state index in [1.807, 2.05) is 0 Å². The molecule has 0 unspecified atom stereocenters. The molecular weight excluding hydrogens is 583 g/mol. The Balaban J connectivity index is 1.37. The zero-order valence-electron chi connectivity index (χ0n) is 18.4. The van der Waals surface area contributed by atoms with Gasteiger partial charge in [0, 0.05) is 10.2 Å². The van der Waals surface area contributed by atoms with Crippen molar-refractivity contribution in [1.82, 2.24) is 0 Å². The number of ether oxygens (including phenoxy) is 1. The second-order valence-corrected chi connectivity index (χ2v) is 10.9. The van der Waals surface area contributed by atoms with Gasteiger partial charge in [0.25, 0.3) is 5.91 Å². The molecule has 2 aromatic carbocycles. The normalized spacial score (nSPS) is 23.7. The number of carbonyl (C=O) groups is 4. The van der Waals surface area contributed by atoms with Crippen molar-refractivity contribution < 1.29 is 23.9 Å². The van der Waals surface area contributed by atoms with E-state index in [1.54, 1.807) is 19.1 Å². The Morgan fingerprint density at radius 3 is 2.20 bits per heavy atom. The van der Waals surface area contributed by atoms with Gasteiger partial charge in [0.05, 0.1) is 38.9 Å². The predicted molar refractivity (Wildman–Crippen MR) is 137 cm³/mol. The van der Waals surface area contributed by atoms with Gasteiger partial charge in [0.2, 0.25) is 11.8 Å². The number of aryl methyl sites for hydroxylation is 1. The molecule has 2 aromatic rings. The molecule has 2 aliphatic rings. The summed E-state index contributed by atoms with van der Waals surface area (Å²) in [6.45, 7) is 1.30. The molecule has 35 heavy (non-hydrogen) atoms. The Morgan fingerprint density at radius 1 is 1.06 bits per heavy atom. The minimum Gasteiger partial charge on any atom is -0.452 e. The van der Waals surface area contributed by atoms with Gasteiger partial charge in [-0.25, -0.2) is 4.79 Å². The quantitative estimate of drug-likeness (QED) is 0.284. The summed E-state index contributed by atoms with van der Waals surface area (Å²) < 4.78 is 5.80. The summed E-state index contributed by atoms with van der Waals surface area (Å²) in [5.41, 5.74) is 1.81. The maximum atomic E-state index is 12.9. The van der Waals surface area contributed by atoms with Crippen molar-refractivity contribution in [3.63, 3.8) is 0 Å². The summed E-state index contributed by atoms with van der Waals surface area (Å²) in [6.07, 6.45) is 0.694. The van der Waals surface area contributed by atoms with Crippen LogP contribution in [-0.2, 0) is 19.1 Å². The van der Waals surface area contributed by atoms with Crippen molar-refractivity contribution in [3.8, 4) is 0 Å². The Kier molecular flexibility index (Phi) is 7.76. The smallest absolute Gasteiger partial charge is 0.338 e. The first-order valence-corrected chi connectivity index (χ1v) is 12.8. The van der Waals surface area contributed by atoms with Gasteiger partial charge in [-0.1, -0.05) is 11.6 Å². The maximum Gasteiger partial charge on any atom is 0.338 e. The number of hydrogen-bond acceptors (Lipinski definition) is 5. The fourth-order valence-electron chi connectivity index (χ4n) is 4.28. The van der Waals surface area contributed by atoms with Crippen LogP contribution in [0.4, 0.5) is 11.4 Å². The van der Waals surface area contributed by atoms with Gasteiger partial charge < -0.3 is 10.1 Å². The van der Waals surface area contributed by atoms with Crippen LogP contribution in [0, 0.1) is 18.8 Å². The molecule has 2 fully saturated rings. The van der Waals surface area contributed by atoms with Crippen molar-refractivity contribution in [2.24, 2.45) is 11.8 Å². The Bertz CT molecular complexity index is 1180. The van der Waals surface area contributed by atoms with Crippen LogP contribution in [0.5, 0.6) is 0 Å². The second-order valence-electron chi connectivity index (χ2n) is 8.48. The monoisotopic (exact) mass is 600 g/mol. The van der Waals surface area contributed by atoms with Crippen molar-refractivity contribution in [2.75, 3.05) is 16.8 Å². The highest BCUT2D eigenvalue weighted by molar-refractivity contribution is 9.10. The lowest BCUT2D eigenvalue weighted by molar-refractivity contribution is -0.122. The highest BCUT2D eigenvalue weighted by Crippen LogP contribution is 2.43. The fourth-order valence-corrected chi connectivity index (χ4v) is 5.49. The SMILES string of the molecule is Cc1cc(Br)c(Cl)cc1NC(=O)COC(=O)c1ccc(N2C(=O)[C@@H]3C[C@H](Cl)[C@@H](Cl)C[C@H]3C2=O)cc1. The number of imide groups is 1. The topological polar surface area (TPSA) is 92.8 Å². The Morgan fingerprint density at radius 2 is 1.63 bits per heavy atom. The number of halogens is 4. The molecule has 1 aliphatic heterocycles. The average molecular weight is 603 g/mol. The molecular formula is C24H20BrCl3N2O5. The summed E-state index contributed by atoms with van der Waals surface area (Å²) in [7, 11) is 0. The molecule has 1 aliphatic carbocycles. The Hall–Kier alpha value is -2.13. The summed E-state index contributed by atoms with van der Waals surface area (Å²) >= 11 is 21.8. The average Bonchev–Trinajstić information content (AvgIpc) is 3.05. The number of alkyl halides is 2. The minimum atomic E-state index is -0.722. The number of hydrogen-bond donors (Lipinski definition) is 1. The van der Waals surface area contributed by atoms with Crippen LogP contribution in [0.15, 0.2) is 40.9 Å². The third-order valence-electron chi connectivity index (χ3n) is 6.15. The molecule has 4 atom stereocenters. The number of nitrogens with one attached hydrogen (secondary N) is 1. The van der Waals surface area contributed by atoms with Gasteiger partial charge in [-0.2, -0.15) is 0 Å². The lowest BCUT2D eigenvalue weighted by atomic mass is 9.80. The van der Waals surface area contributed by atoms with E-state index in [4.69, 9.17) is 39.5 Å². The molecule has 1 N–H and O–H groups in total. The van der Waals surface area contributed by atoms with Crippen LogP contribution in [0.3, 0.4) is 0 Å². The number of fused-ring (bicyclic) bond motifs is 1. The van der Waals surface area contributed by atoms with Gasteiger partial charge in [-0.05, 0) is 77.7 Å². The molecule has 1 heterocycles. The largest absolute Gasteiger partial charge is 0.452 e. The number of benzene rings is 2. The van der Waals surface area contributed by atoms with E-state index >= 15 is 0 Å². The van der Waals surface area contributed by atoms with Crippen LogP contribution in [0.25, 0.3) is 0 Å². The highest BCUT2D eigenvalue weighted by atomic mass is 79.9. The third-order valence-corrected chi connectivity index (χ3v) is 8.44. The van der Waals surface area contributed by atoms with Crippen molar-refractivity contribution in [2.45, 2.75) is 30.5 Å². The van der Waals surface area contributed by atoms with Gasteiger partial charge in [-0.15, -0.1) is 23.2 Å². The number of amides is 3. The predicted octanol–water partition coefficient (Wildman–Crippen LogP) is 5.32. The third kappa shape index (κ3) is 5.35. The summed E-state index contributed by atoms with van der Waals surface area (Å²) in [6, 6.07) is 9.22. The molecule has 11 heteroatoms. The van der Waals surface area contributed by atoms with E-state index in [0.29, 0.717) is 33.7 Å². The highest BCUT2D eigenvalue weighted by Gasteiger charge is 2.52. The maximum absolute atomic E-state index is 12.9. The van der Waals surface area contributed by atoms with E-state index in [2.05, 4.69) is 21.2 Å². The van der Waals surface area contributed by atoms with Gasteiger partial charge in [0.15, 0.2) is 6.61 Å². The first kappa shape index (κ1) is 25.9. The van der Waals surface area contributed by atoms with E-state index in [1.165, 1.54) is 24.3 Å². The molecule has 0 spiro atoms. The van der Waals surface area contributed by atoms with Crippen LogP contribution < -0.4 is 10.2 Å². The standard InChI is InChI=1S/C24H20BrCl3N2O5/c1-11-6-16(25)17(26)9-20(11)29-21(31)10-35-24(34)12-2-4-13(5-3-12)30-22(32)14-7-18(27)19(28)8-15(14)23(30)33/h2-6,9,14-15,18-19H,7-8,10H2,1H3,(H,29,31)/t14-,15-,18+,19+/m1/s1. The molecule has 0 aromatic heterocycles. The molecule has 1 saturated heterocycles. The summed E-state index contributed by atoms with van der Waals surface area (Å²) in [5.74, 6) is -2.86. The minimum absolute atomic E-state index is 0.169. The van der Waals surface area contributed by atoms with Crippen molar-refractivity contribution in [3.05, 3.63) is 57.0 Å². The van der Waals surface area contributed by atoms with Gasteiger partial charge >= 0.3 is 5.97 Å². The van der Waals surface area contributed by atoms with E-state index < -0.39 is 30.3 Å². The lowest BCUT2D eigenvalue weighted by Crippen LogP contribution is -2.34. The number of rotatable bonds is 5. The zero-order chi connectivity index (χ0) is 25.4. The van der Waals surface area contributed by atoms with Crippen LogP contribution >= 0.6 is 50.7 Å². The molecule has 7 nitrogen and oxygen atoms in total. The van der Waals surface area contributed by atoms with Crippen LogP contribution in [0.1, 0.15) is 28.8 Å². The number of anilines is 2. The summed E-state index contributed by atoms with van der Waals surface area (Å²) in [4.78, 5) is 51.5. The first-order valence-electron chi connectivity index (χ1n) is 10.8. The van der Waals surface area contributed by atoms with E-state index in [-0.39, 0.29) is 28.1 Å². The number of esters is 1. The molecule has 3 amide bonds. The Labute approximate surface area is 225 Å².